The van der Waals surface area contributed by atoms with Crippen LogP contribution < -0.4 is 21.3 Å². The van der Waals surface area contributed by atoms with E-state index in [1.165, 1.54) is 85.5 Å². The highest BCUT2D eigenvalue weighted by Crippen LogP contribution is 2.52. The van der Waals surface area contributed by atoms with E-state index in [4.69, 9.17) is 4.42 Å². The molecule has 3 heterocycles. The number of aromatic nitrogens is 1. The van der Waals surface area contributed by atoms with E-state index in [9.17, 15) is 0 Å². The minimum absolute atomic E-state index is 0.000189. The lowest BCUT2D eigenvalue weighted by atomic mass is 9.60. The van der Waals surface area contributed by atoms with E-state index in [2.05, 4.69) is 225 Å². The quantitative estimate of drug-likeness (QED) is 0.104. The molecule has 12 rings (SSSR count). The number of unbranched alkanes of at least 4 members (excludes halogenated alkanes) is 2. The SMILES string of the molecule is CCCCCc1ccc(Nc2cc3c(cc2-c2cc(N(c4ccccc4)c4ccccc4)c4c5ccccc5n5c4c2Bc2oc4ccc(-c6ccccc6)cc4c2-5)C(C)(C)CCC3(C)C)cc1. The predicted octanol–water partition coefficient (Wildman–Crippen LogP) is 15.9. The van der Waals surface area contributed by atoms with Crippen LogP contribution in [0.5, 0.6) is 0 Å². The van der Waals surface area contributed by atoms with Crippen LogP contribution in [0, 0.1) is 0 Å². The third-order valence-corrected chi connectivity index (χ3v) is 15.3. The maximum absolute atomic E-state index is 7.07. The maximum Gasteiger partial charge on any atom is 0.244 e. The summed E-state index contributed by atoms with van der Waals surface area (Å²) in [4.78, 5) is 2.48. The van der Waals surface area contributed by atoms with Crippen molar-refractivity contribution in [3.63, 3.8) is 0 Å². The van der Waals surface area contributed by atoms with Gasteiger partial charge in [0.15, 0.2) is 0 Å². The fourth-order valence-electron chi connectivity index (χ4n) is 11.5. The zero-order valence-electron chi connectivity index (χ0n) is 40.0. The molecule has 1 aliphatic carbocycles. The molecule has 1 aliphatic heterocycles. The summed E-state index contributed by atoms with van der Waals surface area (Å²) in [5.41, 5.74) is 21.4. The number of hydrogen-bond acceptors (Lipinski definition) is 3. The molecule has 0 saturated heterocycles. The van der Waals surface area contributed by atoms with Crippen LogP contribution in [0.2, 0.25) is 0 Å². The number of nitrogens with zero attached hydrogens (tertiary/aromatic N) is 2. The lowest BCUT2D eigenvalue weighted by Gasteiger charge is -2.42. The molecule has 0 unspecified atom stereocenters. The highest BCUT2D eigenvalue weighted by atomic mass is 16.3. The van der Waals surface area contributed by atoms with E-state index in [0.29, 0.717) is 7.28 Å². The van der Waals surface area contributed by atoms with Gasteiger partial charge in [0.1, 0.15) is 5.58 Å². The number of rotatable bonds is 11. The van der Waals surface area contributed by atoms with Crippen molar-refractivity contribution in [3.8, 4) is 27.9 Å². The molecule has 0 atom stereocenters. The summed E-state index contributed by atoms with van der Waals surface area (Å²) in [6.45, 7) is 12.0. The number of benzene rings is 8. The van der Waals surface area contributed by atoms with Crippen molar-refractivity contribution in [2.75, 3.05) is 10.2 Å². The Balaban J connectivity index is 1.19. The molecular formula is C63H58BN3O. The molecule has 8 aromatic carbocycles. The molecule has 2 aromatic heterocycles. The van der Waals surface area contributed by atoms with Crippen molar-refractivity contribution >= 4 is 79.6 Å². The van der Waals surface area contributed by atoms with Gasteiger partial charge in [-0.3, -0.25) is 0 Å². The number of aryl methyl sites for hydroxylation is 1. The topological polar surface area (TPSA) is 33.3 Å². The van der Waals surface area contributed by atoms with Gasteiger partial charge in [0.25, 0.3) is 0 Å². The standard InChI is InChI=1S/C63H58BN3O/c1-6-7-11-20-41-29-32-44(33-30-41)65-53-40-52-51(62(2,3)35-36-63(52,4)5)38-48(53)49-39-55(66(45-23-14-9-15-24-45)46-25-16-10-17-26-46)57-47-27-18-19-28-54(47)67-59-50-37-43(42-21-12-8-13-22-42)31-34-56(50)68-61(59)64-58(49)60(57)67/h8-10,12-19,21-34,37-40,64-65H,6-7,11,20,35-36H2,1-5H3. The van der Waals surface area contributed by atoms with Gasteiger partial charge in [-0.25, -0.2) is 0 Å². The molecule has 10 aromatic rings. The Bertz CT molecular complexity index is 3470. The molecule has 2 aliphatic rings. The number of nitrogens with one attached hydrogen (secondary N) is 1. The monoisotopic (exact) mass is 883 g/mol. The number of anilines is 5. The molecule has 0 fully saturated rings. The molecule has 0 bridgehead atoms. The molecule has 0 spiro atoms. The van der Waals surface area contributed by atoms with E-state index in [-0.39, 0.29) is 10.8 Å². The van der Waals surface area contributed by atoms with Crippen molar-refractivity contribution in [1.29, 1.82) is 0 Å². The number of fused-ring (bicyclic) bond motifs is 8. The minimum Gasteiger partial charge on any atom is -0.469 e. The van der Waals surface area contributed by atoms with E-state index in [0.717, 1.165) is 70.0 Å². The molecule has 334 valence electrons. The third kappa shape index (κ3) is 7.05. The summed E-state index contributed by atoms with van der Waals surface area (Å²) in [6.07, 6.45) is 7.09. The van der Waals surface area contributed by atoms with E-state index in [1.807, 2.05) is 0 Å². The average Bonchev–Trinajstić information content (AvgIpc) is 3.91. The first-order valence-corrected chi connectivity index (χ1v) is 24.8. The van der Waals surface area contributed by atoms with Crippen LogP contribution in [-0.2, 0) is 17.3 Å². The van der Waals surface area contributed by atoms with E-state index >= 15 is 0 Å². The first-order valence-electron chi connectivity index (χ1n) is 24.8. The zero-order chi connectivity index (χ0) is 46.1. The number of furan rings is 1. The first-order chi connectivity index (χ1) is 33.2. The van der Waals surface area contributed by atoms with Crippen LogP contribution in [0.3, 0.4) is 0 Å². The molecule has 0 radical (unpaired) electrons. The highest BCUT2D eigenvalue weighted by molar-refractivity contribution is 6.73. The molecule has 0 saturated carbocycles. The van der Waals surface area contributed by atoms with Gasteiger partial charge < -0.3 is 19.2 Å². The smallest absolute Gasteiger partial charge is 0.244 e. The Kier molecular flexibility index (Phi) is 10.2. The summed E-state index contributed by atoms with van der Waals surface area (Å²) < 4.78 is 9.62. The van der Waals surface area contributed by atoms with Crippen LogP contribution >= 0.6 is 0 Å². The summed E-state index contributed by atoms with van der Waals surface area (Å²) >= 11 is 0. The van der Waals surface area contributed by atoms with Gasteiger partial charge in [-0.1, -0.05) is 151 Å². The van der Waals surface area contributed by atoms with Gasteiger partial charge >= 0.3 is 0 Å². The predicted molar refractivity (Wildman–Crippen MR) is 291 cm³/mol. The average molecular weight is 884 g/mol. The second-order valence-corrected chi connectivity index (χ2v) is 20.6. The summed E-state index contributed by atoms with van der Waals surface area (Å²) in [5.74, 6) is 0. The molecule has 0 amide bonds. The minimum atomic E-state index is -0.000189. The fraction of sp³-hybridized carbons (Fsp3) is 0.206. The third-order valence-electron chi connectivity index (χ3n) is 15.3. The Hall–Kier alpha value is -7.24. The Morgan fingerprint density at radius 1 is 0.618 bits per heavy atom. The van der Waals surface area contributed by atoms with E-state index < -0.39 is 0 Å². The Morgan fingerprint density at radius 2 is 1.26 bits per heavy atom. The summed E-state index contributed by atoms with van der Waals surface area (Å²) in [5, 5.41) is 7.65. The van der Waals surface area contributed by atoms with E-state index in [1.54, 1.807) is 0 Å². The van der Waals surface area contributed by atoms with Crippen LogP contribution in [0.4, 0.5) is 28.4 Å². The van der Waals surface area contributed by atoms with Crippen molar-refractivity contribution < 1.29 is 4.42 Å². The van der Waals surface area contributed by atoms with Gasteiger partial charge in [0.2, 0.25) is 7.28 Å². The maximum atomic E-state index is 7.07. The molecule has 1 N–H and O–H groups in total. The van der Waals surface area contributed by atoms with Crippen LogP contribution in [0.1, 0.15) is 83.4 Å². The summed E-state index contributed by atoms with van der Waals surface area (Å²) in [7, 11) is 0.654. The van der Waals surface area contributed by atoms with Crippen molar-refractivity contribution in [3.05, 3.63) is 193 Å². The van der Waals surface area contributed by atoms with Crippen LogP contribution in [0.15, 0.2) is 180 Å². The zero-order valence-corrected chi connectivity index (χ0v) is 40.0. The molecule has 4 nitrogen and oxygen atoms in total. The number of para-hydroxylation sites is 3. The first kappa shape index (κ1) is 42.1. The van der Waals surface area contributed by atoms with Crippen molar-refractivity contribution in [2.24, 2.45) is 0 Å². The second kappa shape index (κ2) is 16.5. The fourth-order valence-corrected chi connectivity index (χ4v) is 11.5. The number of hydrogen-bond donors (Lipinski definition) is 1. The Morgan fingerprint density at radius 3 is 1.96 bits per heavy atom. The van der Waals surface area contributed by atoms with Gasteiger partial charge in [-0.05, 0) is 148 Å². The Labute approximate surface area is 401 Å². The lowest BCUT2D eigenvalue weighted by molar-refractivity contribution is 0.332. The normalized spacial score (nSPS) is 14.4. The largest absolute Gasteiger partial charge is 0.469 e. The van der Waals surface area contributed by atoms with Crippen molar-refractivity contribution in [2.45, 2.75) is 84.0 Å². The van der Waals surface area contributed by atoms with Gasteiger partial charge in [-0.2, -0.15) is 0 Å². The van der Waals surface area contributed by atoms with Gasteiger partial charge in [0.05, 0.1) is 28.1 Å². The second-order valence-electron chi connectivity index (χ2n) is 20.6. The van der Waals surface area contributed by atoms with Crippen LogP contribution in [0.25, 0.3) is 60.7 Å². The molecule has 68 heavy (non-hydrogen) atoms. The molecule has 5 heteroatoms. The highest BCUT2D eigenvalue weighted by Gasteiger charge is 2.39. The summed E-state index contributed by atoms with van der Waals surface area (Å²) in [6, 6.07) is 65.1. The van der Waals surface area contributed by atoms with Gasteiger partial charge in [0, 0.05) is 44.5 Å². The van der Waals surface area contributed by atoms with Gasteiger partial charge in [-0.15, -0.1) is 0 Å². The van der Waals surface area contributed by atoms with Crippen LogP contribution in [-0.4, -0.2) is 11.8 Å². The van der Waals surface area contributed by atoms with Crippen molar-refractivity contribution in [1.82, 2.24) is 4.57 Å². The lowest BCUT2D eigenvalue weighted by Crippen LogP contribution is -2.37. The molecular weight excluding hydrogens is 826 g/mol.